The third-order valence-electron chi connectivity index (χ3n) is 2.37. The van der Waals surface area contributed by atoms with Crippen LogP contribution in [-0.2, 0) is 4.79 Å². The lowest BCUT2D eigenvalue weighted by Crippen LogP contribution is -2.04. The van der Waals surface area contributed by atoms with E-state index in [1.807, 2.05) is 6.07 Å². The monoisotopic (exact) mass is 220 g/mol. The molecule has 15 heavy (non-hydrogen) atoms. The van der Waals surface area contributed by atoms with E-state index in [1.165, 1.54) is 29.4 Å². The van der Waals surface area contributed by atoms with E-state index in [9.17, 15) is 4.79 Å². The highest BCUT2D eigenvalue weighted by molar-refractivity contribution is 7.22. The Morgan fingerprint density at radius 1 is 1.40 bits per heavy atom. The Hall–Kier alpha value is -1.42. The van der Waals surface area contributed by atoms with Crippen LogP contribution in [0.4, 0.5) is 5.13 Å². The molecule has 0 saturated heterocycles. The molecule has 78 valence electrons. The van der Waals surface area contributed by atoms with E-state index in [4.69, 9.17) is 0 Å². The Bertz CT molecular complexity index is 531. The first kappa shape index (κ1) is 10.1. The molecular formula is C11H12N2OS. The lowest BCUT2D eigenvalue weighted by atomic mass is 10.1. The lowest BCUT2D eigenvalue weighted by Gasteiger charge is -1.98. The van der Waals surface area contributed by atoms with Crippen LogP contribution in [0.25, 0.3) is 10.2 Å². The number of fused-ring (bicyclic) bond motifs is 1. The van der Waals surface area contributed by atoms with Gasteiger partial charge in [0.25, 0.3) is 0 Å². The second-order valence-electron chi connectivity index (χ2n) is 3.55. The van der Waals surface area contributed by atoms with Crippen LogP contribution in [-0.4, -0.2) is 10.9 Å². The van der Waals surface area contributed by atoms with Gasteiger partial charge in [0.1, 0.15) is 0 Å². The zero-order chi connectivity index (χ0) is 11.0. The zero-order valence-corrected chi connectivity index (χ0v) is 9.73. The standard InChI is InChI=1S/C11H12N2OS/c1-6-4-5-9-10(7(6)2)13-11(15-9)12-8(3)14/h4-5H,1-3H3,(H,12,13,14). The number of benzene rings is 1. The van der Waals surface area contributed by atoms with Crippen molar-refractivity contribution in [3.05, 3.63) is 23.3 Å². The number of rotatable bonds is 1. The molecule has 0 bridgehead atoms. The molecule has 1 amide bonds. The minimum absolute atomic E-state index is 0.0802. The summed E-state index contributed by atoms with van der Waals surface area (Å²) in [5.41, 5.74) is 3.39. The average Bonchev–Trinajstić information content (AvgIpc) is 2.54. The van der Waals surface area contributed by atoms with Crippen LogP contribution in [0.5, 0.6) is 0 Å². The molecule has 0 unspecified atom stereocenters. The Morgan fingerprint density at radius 2 is 2.13 bits per heavy atom. The molecule has 4 heteroatoms. The molecule has 0 spiro atoms. The third kappa shape index (κ3) is 1.85. The van der Waals surface area contributed by atoms with Crippen molar-refractivity contribution in [1.82, 2.24) is 4.98 Å². The van der Waals surface area contributed by atoms with Gasteiger partial charge in [-0.3, -0.25) is 4.79 Å². The number of carbonyl (C=O) groups excluding carboxylic acids is 1. The molecule has 0 aliphatic carbocycles. The first-order valence-corrected chi connectivity index (χ1v) is 5.54. The Morgan fingerprint density at radius 3 is 2.80 bits per heavy atom. The fraction of sp³-hybridized carbons (Fsp3) is 0.273. The second kappa shape index (κ2) is 3.62. The number of aromatic nitrogens is 1. The van der Waals surface area contributed by atoms with E-state index in [-0.39, 0.29) is 5.91 Å². The molecule has 2 rings (SSSR count). The van der Waals surface area contributed by atoms with E-state index in [1.54, 1.807) is 0 Å². The minimum atomic E-state index is -0.0802. The van der Waals surface area contributed by atoms with Gasteiger partial charge in [0, 0.05) is 6.92 Å². The van der Waals surface area contributed by atoms with Gasteiger partial charge in [0.15, 0.2) is 5.13 Å². The predicted octanol–water partition coefficient (Wildman–Crippen LogP) is 2.87. The molecule has 0 fully saturated rings. The second-order valence-corrected chi connectivity index (χ2v) is 4.59. The molecule has 1 aromatic carbocycles. The first-order valence-electron chi connectivity index (χ1n) is 4.72. The van der Waals surface area contributed by atoms with Gasteiger partial charge >= 0.3 is 0 Å². The summed E-state index contributed by atoms with van der Waals surface area (Å²) in [5, 5.41) is 3.38. The summed E-state index contributed by atoms with van der Waals surface area (Å²) in [4.78, 5) is 15.3. The van der Waals surface area contributed by atoms with E-state index in [2.05, 4.69) is 30.2 Å². The van der Waals surface area contributed by atoms with Crippen LogP contribution < -0.4 is 5.32 Å². The number of aryl methyl sites for hydroxylation is 2. The summed E-state index contributed by atoms with van der Waals surface area (Å²) >= 11 is 1.51. The fourth-order valence-corrected chi connectivity index (χ4v) is 2.40. The number of amides is 1. The van der Waals surface area contributed by atoms with Gasteiger partial charge in [0.2, 0.25) is 5.91 Å². The number of carbonyl (C=O) groups is 1. The summed E-state index contributed by atoms with van der Waals surface area (Å²) in [6, 6.07) is 4.12. The van der Waals surface area contributed by atoms with Crippen LogP contribution in [0.15, 0.2) is 12.1 Å². The van der Waals surface area contributed by atoms with Gasteiger partial charge in [0.05, 0.1) is 10.2 Å². The van der Waals surface area contributed by atoms with E-state index in [0.717, 1.165) is 10.2 Å². The minimum Gasteiger partial charge on any atom is -0.302 e. The summed E-state index contributed by atoms with van der Waals surface area (Å²) in [7, 11) is 0. The molecule has 1 heterocycles. The van der Waals surface area contributed by atoms with Crippen LogP contribution in [0.2, 0.25) is 0 Å². The summed E-state index contributed by atoms with van der Waals surface area (Å²) in [6.45, 7) is 5.60. The third-order valence-corrected chi connectivity index (χ3v) is 3.30. The maximum atomic E-state index is 10.9. The predicted molar refractivity (Wildman–Crippen MR) is 63.4 cm³/mol. The number of anilines is 1. The largest absolute Gasteiger partial charge is 0.302 e. The van der Waals surface area contributed by atoms with E-state index < -0.39 is 0 Å². The van der Waals surface area contributed by atoms with E-state index in [0.29, 0.717) is 5.13 Å². The number of nitrogens with one attached hydrogen (secondary N) is 1. The molecule has 0 aliphatic heterocycles. The van der Waals surface area contributed by atoms with Gasteiger partial charge in [-0.2, -0.15) is 0 Å². The van der Waals surface area contributed by atoms with Crippen LogP contribution in [0.3, 0.4) is 0 Å². The van der Waals surface area contributed by atoms with Gasteiger partial charge in [-0.25, -0.2) is 4.98 Å². The maximum Gasteiger partial charge on any atom is 0.223 e. The molecule has 3 nitrogen and oxygen atoms in total. The molecule has 1 aromatic heterocycles. The maximum absolute atomic E-state index is 10.9. The van der Waals surface area contributed by atoms with Gasteiger partial charge in [-0.15, -0.1) is 0 Å². The smallest absolute Gasteiger partial charge is 0.223 e. The SMILES string of the molecule is CC(=O)Nc1nc2c(C)c(C)ccc2s1. The van der Waals surface area contributed by atoms with Gasteiger partial charge in [-0.1, -0.05) is 17.4 Å². The highest BCUT2D eigenvalue weighted by Crippen LogP contribution is 2.29. The van der Waals surface area contributed by atoms with Crippen molar-refractivity contribution in [3.8, 4) is 0 Å². The van der Waals surface area contributed by atoms with Crippen LogP contribution in [0, 0.1) is 13.8 Å². The highest BCUT2D eigenvalue weighted by Gasteiger charge is 2.08. The van der Waals surface area contributed by atoms with Crippen molar-refractivity contribution in [2.45, 2.75) is 20.8 Å². The number of hydrogen-bond acceptors (Lipinski definition) is 3. The van der Waals surface area contributed by atoms with Crippen molar-refractivity contribution in [2.75, 3.05) is 5.32 Å². The fourth-order valence-electron chi connectivity index (χ4n) is 1.43. The molecule has 2 aromatic rings. The molecule has 0 atom stereocenters. The van der Waals surface area contributed by atoms with Crippen LogP contribution in [0.1, 0.15) is 18.1 Å². The Labute approximate surface area is 92.1 Å². The summed E-state index contributed by atoms with van der Waals surface area (Å²) < 4.78 is 1.11. The lowest BCUT2D eigenvalue weighted by molar-refractivity contribution is -0.114. The molecule has 0 saturated carbocycles. The topological polar surface area (TPSA) is 42.0 Å². The average molecular weight is 220 g/mol. The number of hydrogen-bond donors (Lipinski definition) is 1. The zero-order valence-electron chi connectivity index (χ0n) is 8.92. The van der Waals surface area contributed by atoms with Crippen molar-refractivity contribution < 1.29 is 4.79 Å². The van der Waals surface area contributed by atoms with E-state index >= 15 is 0 Å². The number of nitrogens with zero attached hydrogens (tertiary/aromatic N) is 1. The summed E-state index contributed by atoms with van der Waals surface area (Å²) in [6.07, 6.45) is 0. The van der Waals surface area contributed by atoms with Crippen LogP contribution >= 0.6 is 11.3 Å². The van der Waals surface area contributed by atoms with Crippen molar-refractivity contribution in [3.63, 3.8) is 0 Å². The molecular weight excluding hydrogens is 208 g/mol. The highest BCUT2D eigenvalue weighted by atomic mass is 32.1. The first-order chi connectivity index (χ1) is 7.08. The Kier molecular flexibility index (Phi) is 2.44. The quantitative estimate of drug-likeness (QED) is 0.803. The van der Waals surface area contributed by atoms with Crippen molar-refractivity contribution >= 4 is 32.6 Å². The van der Waals surface area contributed by atoms with Gasteiger partial charge < -0.3 is 5.32 Å². The molecule has 1 N–H and O–H groups in total. The normalized spacial score (nSPS) is 10.6. The molecule has 0 radical (unpaired) electrons. The number of thiazole rings is 1. The Balaban J connectivity index is 2.56. The summed E-state index contributed by atoms with van der Waals surface area (Å²) in [5.74, 6) is -0.0802. The van der Waals surface area contributed by atoms with Crippen molar-refractivity contribution in [1.29, 1.82) is 0 Å². The molecule has 0 aliphatic rings. The van der Waals surface area contributed by atoms with Crippen molar-refractivity contribution in [2.24, 2.45) is 0 Å². The van der Waals surface area contributed by atoms with Gasteiger partial charge in [-0.05, 0) is 31.0 Å².